The first-order valence-corrected chi connectivity index (χ1v) is 10.5. The van der Waals surface area contributed by atoms with Crippen LogP contribution in [0.1, 0.15) is 24.4 Å². The lowest BCUT2D eigenvalue weighted by atomic mass is 10.0. The summed E-state index contributed by atoms with van der Waals surface area (Å²) in [6.07, 6.45) is 12.0. The third kappa shape index (κ3) is 3.00. The van der Waals surface area contributed by atoms with Gasteiger partial charge in [-0.1, -0.05) is 0 Å². The third-order valence-corrected chi connectivity index (χ3v) is 6.31. The largest absolute Gasteiger partial charge is 0.364 e. The Balaban J connectivity index is 1.27. The molecular weight excluding hydrogens is 396 g/mol. The first-order valence-electron chi connectivity index (χ1n) is 10.5. The highest BCUT2D eigenvalue weighted by Gasteiger charge is 2.32. The molecule has 1 saturated heterocycles. The van der Waals surface area contributed by atoms with Crippen LogP contribution in [-0.2, 0) is 0 Å². The van der Waals surface area contributed by atoms with Gasteiger partial charge in [-0.15, -0.1) is 0 Å². The van der Waals surface area contributed by atoms with E-state index in [-0.39, 0.29) is 11.9 Å². The van der Waals surface area contributed by atoms with Crippen molar-refractivity contribution in [3.8, 4) is 0 Å². The molecule has 5 nitrogen and oxygen atoms in total. The van der Waals surface area contributed by atoms with Gasteiger partial charge in [0.2, 0.25) is 0 Å². The van der Waals surface area contributed by atoms with Crippen LogP contribution < -0.4 is 5.01 Å². The van der Waals surface area contributed by atoms with E-state index >= 15 is 0 Å². The minimum Gasteiger partial charge on any atom is -0.364 e. The Morgan fingerprint density at radius 3 is 2.94 bits per heavy atom. The van der Waals surface area contributed by atoms with E-state index in [1.807, 2.05) is 12.4 Å². The van der Waals surface area contributed by atoms with Gasteiger partial charge in [0.05, 0.1) is 35.7 Å². The molecule has 1 atom stereocenters. The molecule has 0 radical (unpaired) electrons. The van der Waals surface area contributed by atoms with Gasteiger partial charge in [0.1, 0.15) is 11.6 Å². The summed E-state index contributed by atoms with van der Waals surface area (Å²) < 4.78 is 28.2. The zero-order valence-corrected chi connectivity index (χ0v) is 16.8. The van der Waals surface area contributed by atoms with Crippen LogP contribution in [0.15, 0.2) is 78.4 Å². The highest BCUT2D eigenvalue weighted by molar-refractivity contribution is 5.82. The van der Waals surface area contributed by atoms with Crippen molar-refractivity contribution in [3.63, 3.8) is 0 Å². The third-order valence-electron chi connectivity index (χ3n) is 6.31. The molecule has 3 aliphatic heterocycles. The van der Waals surface area contributed by atoms with Crippen LogP contribution in [0.4, 0.5) is 14.5 Å². The van der Waals surface area contributed by atoms with Crippen molar-refractivity contribution in [3.05, 3.63) is 95.6 Å². The Bertz CT molecular complexity index is 1260. The number of rotatable bonds is 3. The number of benzene rings is 2. The lowest BCUT2D eigenvalue weighted by Crippen LogP contribution is -2.35. The van der Waals surface area contributed by atoms with Crippen LogP contribution in [0, 0.1) is 11.6 Å². The zero-order valence-electron chi connectivity index (χ0n) is 16.8. The lowest BCUT2D eigenvalue weighted by molar-refractivity contribution is 0.322. The van der Waals surface area contributed by atoms with E-state index in [4.69, 9.17) is 0 Å². The summed E-state index contributed by atoms with van der Waals surface area (Å²) in [6.45, 7) is 1.58. The molecular formula is C24H21F2N5. The quantitative estimate of drug-likeness (QED) is 0.650. The number of fused-ring (bicyclic) bond motifs is 2. The fraction of sp³-hybridized carbons (Fsp3) is 0.208. The number of likely N-dealkylation sites (tertiary alicyclic amines) is 1. The smallest absolute Gasteiger partial charge is 0.128 e. The summed E-state index contributed by atoms with van der Waals surface area (Å²) >= 11 is 0. The summed E-state index contributed by atoms with van der Waals surface area (Å²) in [5.74, 6) is -0.744. The van der Waals surface area contributed by atoms with E-state index in [2.05, 4.69) is 61.5 Å². The Kier molecular flexibility index (Phi) is 4.09. The van der Waals surface area contributed by atoms with E-state index in [0.717, 1.165) is 53.9 Å². The lowest BCUT2D eigenvalue weighted by Gasteiger charge is -2.35. The number of anilines is 1. The van der Waals surface area contributed by atoms with Gasteiger partial charge in [0.15, 0.2) is 0 Å². The summed E-state index contributed by atoms with van der Waals surface area (Å²) in [5, 5.41) is 12.5. The minimum atomic E-state index is -0.397. The fourth-order valence-corrected chi connectivity index (χ4v) is 4.80. The van der Waals surface area contributed by atoms with E-state index in [1.54, 1.807) is 0 Å². The molecule has 0 bridgehead atoms. The first kappa shape index (κ1) is 18.2. The van der Waals surface area contributed by atoms with E-state index in [9.17, 15) is 8.78 Å². The molecule has 1 fully saturated rings. The van der Waals surface area contributed by atoms with Crippen LogP contribution in [0.25, 0.3) is 10.9 Å². The minimum absolute atomic E-state index is 0.154. The average molecular weight is 417 g/mol. The summed E-state index contributed by atoms with van der Waals surface area (Å²) in [4.78, 5) is 2.19. The number of nitrogens with zero attached hydrogens (tertiary/aromatic N) is 4. The van der Waals surface area contributed by atoms with Crippen LogP contribution in [0.2, 0.25) is 0 Å². The molecule has 0 amide bonds. The summed E-state index contributed by atoms with van der Waals surface area (Å²) in [5.41, 5.74) is 4.61. The normalized spacial score (nSPS) is 20.5. The molecule has 0 saturated carbocycles. The van der Waals surface area contributed by atoms with Crippen LogP contribution in [0.3, 0.4) is 0 Å². The number of hydrogen-bond acceptors (Lipinski definition) is 4. The topological polar surface area (TPSA) is 38.4 Å². The van der Waals surface area contributed by atoms with Gasteiger partial charge in [-0.2, -0.15) is 5.10 Å². The maximum atomic E-state index is 14.4. The monoisotopic (exact) mass is 417 g/mol. The molecule has 156 valence electrons. The molecule has 0 unspecified atom stereocenters. The molecule has 4 heterocycles. The predicted molar refractivity (Wildman–Crippen MR) is 116 cm³/mol. The van der Waals surface area contributed by atoms with Gasteiger partial charge in [0.25, 0.3) is 0 Å². The SMILES string of the molecule is Fc1ccc(F)c([C@H]2CCCN2C2=CC3=CCN(c4ccc5cn[nH]c5c4)N3C=C2)c1. The number of allylic oxidation sites excluding steroid dienone is 2. The highest BCUT2D eigenvalue weighted by Crippen LogP contribution is 2.39. The van der Waals surface area contributed by atoms with Gasteiger partial charge >= 0.3 is 0 Å². The Morgan fingerprint density at radius 2 is 2.00 bits per heavy atom. The molecule has 2 aromatic carbocycles. The summed E-state index contributed by atoms with van der Waals surface area (Å²) in [7, 11) is 0. The molecule has 7 heteroatoms. The molecule has 3 aromatic rings. The first-order chi connectivity index (χ1) is 15.2. The van der Waals surface area contributed by atoms with E-state index < -0.39 is 5.82 Å². The predicted octanol–water partition coefficient (Wildman–Crippen LogP) is 5.01. The Labute approximate surface area is 178 Å². The molecule has 1 aromatic heterocycles. The van der Waals surface area contributed by atoms with Crippen molar-refractivity contribution in [1.82, 2.24) is 20.1 Å². The van der Waals surface area contributed by atoms with Crippen molar-refractivity contribution >= 4 is 16.6 Å². The van der Waals surface area contributed by atoms with Crippen molar-refractivity contribution in [2.75, 3.05) is 18.1 Å². The molecule has 6 rings (SSSR count). The van der Waals surface area contributed by atoms with Gasteiger partial charge in [-0.3, -0.25) is 15.1 Å². The second-order valence-corrected chi connectivity index (χ2v) is 8.10. The maximum absolute atomic E-state index is 14.4. The Morgan fingerprint density at radius 1 is 1.06 bits per heavy atom. The van der Waals surface area contributed by atoms with Crippen molar-refractivity contribution in [1.29, 1.82) is 0 Å². The average Bonchev–Trinajstić information content (AvgIpc) is 3.53. The molecule has 31 heavy (non-hydrogen) atoms. The van der Waals surface area contributed by atoms with Gasteiger partial charge < -0.3 is 4.90 Å². The Hall–Kier alpha value is -3.61. The van der Waals surface area contributed by atoms with Gasteiger partial charge in [-0.05, 0) is 67.5 Å². The number of nitrogens with one attached hydrogen (secondary N) is 1. The molecule has 1 N–H and O–H groups in total. The van der Waals surface area contributed by atoms with Crippen molar-refractivity contribution < 1.29 is 8.78 Å². The van der Waals surface area contributed by atoms with Crippen LogP contribution in [-0.4, -0.2) is 33.2 Å². The van der Waals surface area contributed by atoms with E-state index in [1.165, 1.54) is 18.2 Å². The highest BCUT2D eigenvalue weighted by atomic mass is 19.1. The number of H-pyrrole nitrogens is 1. The number of aromatic amines is 1. The van der Waals surface area contributed by atoms with Crippen molar-refractivity contribution in [2.24, 2.45) is 0 Å². The van der Waals surface area contributed by atoms with E-state index in [0.29, 0.717) is 5.56 Å². The molecule has 0 spiro atoms. The van der Waals surface area contributed by atoms with Crippen molar-refractivity contribution in [2.45, 2.75) is 18.9 Å². The van der Waals surface area contributed by atoms with Crippen LogP contribution >= 0.6 is 0 Å². The molecule has 0 aliphatic carbocycles. The van der Waals surface area contributed by atoms with Gasteiger partial charge in [0, 0.05) is 29.4 Å². The second kappa shape index (κ2) is 6.97. The zero-order chi connectivity index (χ0) is 20.9. The molecule has 3 aliphatic rings. The number of hydrazine groups is 1. The maximum Gasteiger partial charge on any atom is 0.128 e. The summed E-state index contributed by atoms with van der Waals surface area (Å²) in [6, 6.07) is 9.82. The second-order valence-electron chi connectivity index (χ2n) is 8.10. The number of aromatic nitrogens is 2. The number of halogens is 2. The fourth-order valence-electron chi connectivity index (χ4n) is 4.80. The van der Waals surface area contributed by atoms with Crippen LogP contribution in [0.5, 0.6) is 0 Å². The standard InChI is InChI=1S/C24H21F2N5/c25-17-4-6-22(26)21(12-17)24-2-1-9-29(24)18-7-10-31-20(13-18)8-11-30(31)19-5-3-16-15-27-28-23(16)14-19/h3-8,10,12-15,24H,1-2,9,11H2,(H,27,28)/t24-/m1/s1. The number of hydrogen-bond donors (Lipinski definition) is 1. The van der Waals surface area contributed by atoms with Gasteiger partial charge in [-0.25, -0.2) is 8.78 Å².